The van der Waals surface area contributed by atoms with E-state index in [-0.39, 0.29) is 17.4 Å². The fourth-order valence-electron chi connectivity index (χ4n) is 3.89. The van der Waals surface area contributed by atoms with Gasteiger partial charge >= 0.3 is 0 Å². The Bertz CT molecular complexity index is 861. The van der Waals surface area contributed by atoms with Crippen LogP contribution in [0.25, 0.3) is 0 Å². The van der Waals surface area contributed by atoms with Crippen LogP contribution in [0.4, 0.5) is 0 Å². The molecule has 2 heterocycles. The van der Waals surface area contributed by atoms with Gasteiger partial charge in [0.1, 0.15) is 0 Å². The van der Waals surface area contributed by atoms with Crippen LogP contribution in [0, 0.1) is 5.92 Å². The largest absolute Gasteiger partial charge is 0.379 e. The summed E-state index contributed by atoms with van der Waals surface area (Å²) in [5.41, 5.74) is 4.02. The van der Waals surface area contributed by atoms with E-state index in [0.29, 0.717) is 32.7 Å². The number of nitrogens with zero attached hydrogens (tertiary/aromatic N) is 2. The number of hydrogen-bond donors (Lipinski definition) is 1. The zero-order valence-corrected chi connectivity index (χ0v) is 14.7. The molecule has 6 heteroatoms. The van der Waals surface area contributed by atoms with E-state index in [1.165, 1.54) is 29.9 Å². The van der Waals surface area contributed by atoms with Gasteiger partial charge in [-0.25, -0.2) is 4.98 Å². The van der Waals surface area contributed by atoms with Crippen molar-refractivity contribution in [2.75, 3.05) is 26.3 Å². The van der Waals surface area contributed by atoms with E-state index in [1.807, 2.05) is 11.0 Å². The highest BCUT2D eigenvalue weighted by Crippen LogP contribution is 2.24. The maximum atomic E-state index is 13.0. The summed E-state index contributed by atoms with van der Waals surface area (Å²) in [7, 11) is 0. The summed E-state index contributed by atoms with van der Waals surface area (Å²) in [6, 6.07) is 7.62. The van der Waals surface area contributed by atoms with Crippen molar-refractivity contribution >= 4 is 5.91 Å². The lowest BCUT2D eigenvalue weighted by Crippen LogP contribution is -2.36. The van der Waals surface area contributed by atoms with Crippen molar-refractivity contribution in [1.82, 2.24) is 14.9 Å². The first kappa shape index (κ1) is 17.0. The lowest BCUT2D eigenvalue weighted by Gasteiger charge is -2.24. The molecule has 1 aliphatic carbocycles. The van der Waals surface area contributed by atoms with E-state index in [1.54, 1.807) is 0 Å². The van der Waals surface area contributed by atoms with E-state index in [2.05, 4.69) is 22.1 Å². The molecule has 1 aliphatic heterocycles. The number of aryl methyl sites for hydroxylation is 2. The van der Waals surface area contributed by atoms with Crippen molar-refractivity contribution < 1.29 is 9.53 Å². The highest BCUT2D eigenvalue weighted by molar-refractivity contribution is 5.94. The lowest BCUT2D eigenvalue weighted by atomic mass is 10.0. The Balaban J connectivity index is 1.48. The van der Waals surface area contributed by atoms with Crippen LogP contribution in [0.1, 0.15) is 33.6 Å². The SMILES string of the molecule is O=C(c1ccc2c(c1)CCC2)N1CCOC[C@@H](Cc2cc(=O)[nH]cn2)C1. The topological polar surface area (TPSA) is 75.3 Å². The second kappa shape index (κ2) is 7.41. The third kappa shape index (κ3) is 3.70. The summed E-state index contributed by atoms with van der Waals surface area (Å²) in [5.74, 6) is 0.194. The molecule has 1 N–H and O–H groups in total. The standard InChI is InChI=1S/C20H23N3O3/c24-19-10-18(21-13-22-19)8-14-11-23(6-7-26-12-14)20(25)17-5-4-15-2-1-3-16(15)9-17/h4-5,9-10,13-14H,1-3,6-8,11-12H2,(H,21,22,24)/t14-/m0/s1. The van der Waals surface area contributed by atoms with Crippen LogP contribution < -0.4 is 5.56 Å². The molecule has 0 saturated carbocycles. The molecule has 1 aromatic carbocycles. The molecule has 0 unspecified atom stereocenters. The number of carbonyl (C=O) groups is 1. The number of carbonyl (C=O) groups excluding carboxylic acids is 1. The molecule has 26 heavy (non-hydrogen) atoms. The van der Waals surface area contributed by atoms with Crippen molar-refractivity contribution in [3.8, 4) is 0 Å². The van der Waals surface area contributed by atoms with Gasteiger partial charge in [-0.05, 0) is 48.9 Å². The molecule has 4 rings (SSSR count). The molecule has 0 spiro atoms. The Hall–Kier alpha value is -2.47. The predicted molar refractivity (Wildman–Crippen MR) is 97.2 cm³/mol. The molecule has 1 fully saturated rings. The lowest BCUT2D eigenvalue weighted by molar-refractivity contribution is 0.0737. The highest BCUT2D eigenvalue weighted by Gasteiger charge is 2.25. The number of aromatic nitrogens is 2. The molecule has 0 bridgehead atoms. The molecular formula is C20H23N3O3. The van der Waals surface area contributed by atoms with Crippen LogP contribution in [0.3, 0.4) is 0 Å². The normalized spacial score (nSPS) is 19.8. The Labute approximate surface area is 152 Å². The average Bonchev–Trinajstić information content (AvgIpc) is 2.99. The van der Waals surface area contributed by atoms with Gasteiger partial charge in [-0.15, -0.1) is 0 Å². The summed E-state index contributed by atoms with van der Waals surface area (Å²) in [6.07, 6.45) is 5.40. The van der Waals surface area contributed by atoms with Crippen molar-refractivity contribution in [2.45, 2.75) is 25.7 Å². The van der Waals surface area contributed by atoms with Crippen LogP contribution in [-0.2, 0) is 24.0 Å². The smallest absolute Gasteiger partial charge is 0.253 e. The Morgan fingerprint density at radius 3 is 3.04 bits per heavy atom. The summed E-state index contributed by atoms with van der Waals surface area (Å²) >= 11 is 0. The Morgan fingerprint density at radius 1 is 1.27 bits per heavy atom. The van der Waals surface area contributed by atoms with Crippen molar-refractivity contribution in [3.05, 3.63) is 63.3 Å². The zero-order valence-electron chi connectivity index (χ0n) is 14.7. The number of amides is 1. The van der Waals surface area contributed by atoms with Gasteiger partial charge in [0.25, 0.3) is 11.5 Å². The number of aromatic amines is 1. The molecule has 136 valence electrons. The van der Waals surface area contributed by atoms with Gasteiger partial charge in [0.2, 0.25) is 0 Å². The summed E-state index contributed by atoms with van der Waals surface area (Å²) in [6.45, 7) is 2.32. The van der Waals surface area contributed by atoms with Gasteiger partial charge in [0.05, 0.1) is 19.5 Å². The molecule has 1 aromatic heterocycles. The summed E-state index contributed by atoms with van der Waals surface area (Å²) < 4.78 is 5.69. The van der Waals surface area contributed by atoms with E-state index in [9.17, 15) is 9.59 Å². The molecule has 2 aliphatic rings. The molecule has 6 nitrogen and oxygen atoms in total. The first-order valence-corrected chi connectivity index (χ1v) is 9.21. The minimum atomic E-state index is -0.157. The number of fused-ring (bicyclic) bond motifs is 1. The quantitative estimate of drug-likeness (QED) is 0.909. The van der Waals surface area contributed by atoms with Crippen LogP contribution in [0.2, 0.25) is 0 Å². The van der Waals surface area contributed by atoms with Gasteiger partial charge in [-0.2, -0.15) is 0 Å². The first-order valence-electron chi connectivity index (χ1n) is 9.21. The van der Waals surface area contributed by atoms with Crippen LogP contribution >= 0.6 is 0 Å². The van der Waals surface area contributed by atoms with Gasteiger partial charge < -0.3 is 14.6 Å². The van der Waals surface area contributed by atoms with Crippen molar-refractivity contribution in [2.24, 2.45) is 5.92 Å². The van der Waals surface area contributed by atoms with Crippen molar-refractivity contribution in [3.63, 3.8) is 0 Å². The number of nitrogens with one attached hydrogen (secondary N) is 1. The number of rotatable bonds is 3. The maximum absolute atomic E-state index is 13.0. The molecule has 1 amide bonds. The average molecular weight is 353 g/mol. The highest BCUT2D eigenvalue weighted by atomic mass is 16.5. The third-order valence-corrected chi connectivity index (χ3v) is 5.20. The second-order valence-corrected chi connectivity index (χ2v) is 7.14. The van der Waals surface area contributed by atoms with Gasteiger partial charge in [-0.3, -0.25) is 9.59 Å². The number of hydrogen-bond acceptors (Lipinski definition) is 4. The van der Waals surface area contributed by atoms with Gasteiger partial charge in [0, 0.05) is 36.3 Å². The van der Waals surface area contributed by atoms with Gasteiger partial charge in [-0.1, -0.05) is 6.07 Å². The minimum Gasteiger partial charge on any atom is -0.379 e. The van der Waals surface area contributed by atoms with Crippen LogP contribution in [0.15, 0.2) is 35.4 Å². The molecule has 1 saturated heterocycles. The summed E-state index contributed by atoms with van der Waals surface area (Å²) in [4.78, 5) is 33.1. The van der Waals surface area contributed by atoms with Gasteiger partial charge in [0.15, 0.2) is 0 Å². The monoisotopic (exact) mass is 353 g/mol. The maximum Gasteiger partial charge on any atom is 0.253 e. The van der Waals surface area contributed by atoms with E-state index in [0.717, 1.165) is 24.1 Å². The van der Waals surface area contributed by atoms with Crippen molar-refractivity contribution in [1.29, 1.82) is 0 Å². The first-order chi connectivity index (χ1) is 12.7. The minimum absolute atomic E-state index is 0.0640. The fourth-order valence-corrected chi connectivity index (χ4v) is 3.89. The van der Waals surface area contributed by atoms with E-state index in [4.69, 9.17) is 4.74 Å². The number of H-pyrrole nitrogens is 1. The molecule has 0 radical (unpaired) electrons. The summed E-state index contributed by atoms with van der Waals surface area (Å²) in [5, 5.41) is 0. The molecule has 2 aromatic rings. The Kier molecular flexibility index (Phi) is 4.84. The number of benzene rings is 1. The molecule has 1 atom stereocenters. The molecular weight excluding hydrogens is 330 g/mol. The second-order valence-electron chi connectivity index (χ2n) is 7.14. The Morgan fingerprint density at radius 2 is 2.15 bits per heavy atom. The zero-order chi connectivity index (χ0) is 17.9. The third-order valence-electron chi connectivity index (χ3n) is 5.20. The van der Waals surface area contributed by atoms with E-state index >= 15 is 0 Å². The number of ether oxygens (including phenoxy) is 1. The van der Waals surface area contributed by atoms with Crippen LogP contribution in [-0.4, -0.2) is 47.1 Å². The predicted octanol–water partition coefficient (Wildman–Crippen LogP) is 1.59. The van der Waals surface area contributed by atoms with Crippen LogP contribution in [0.5, 0.6) is 0 Å². The fraction of sp³-hybridized carbons (Fsp3) is 0.450. The van der Waals surface area contributed by atoms with E-state index < -0.39 is 0 Å².